The summed E-state index contributed by atoms with van der Waals surface area (Å²) in [4.78, 5) is 0. The molecule has 2 nitrogen and oxygen atoms in total. The summed E-state index contributed by atoms with van der Waals surface area (Å²) in [5.41, 5.74) is 6.24. The van der Waals surface area contributed by atoms with Crippen molar-refractivity contribution in [3.05, 3.63) is 36.7 Å². The highest BCUT2D eigenvalue weighted by Crippen LogP contribution is 1.88. The Labute approximate surface area is 69.5 Å². The maximum Gasteiger partial charge on any atom is 0.00275 e. The fraction of sp³-hybridized carbons (Fsp3) is 0.333. The van der Waals surface area contributed by atoms with Crippen molar-refractivity contribution in [1.29, 1.82) is 0 Å². The van der Waals surface area contributed by atoms with Crippen molar-refractivity contribution in [2.75, 3.05) is 7.05 Å². The summed E-state index contributed by atoms with van der Waals surface area (Å²) in [6.45, 7) is 7.29. The molecule has 0 radical (unpaired) electrons. The van der Waals surface area contributed by atoms with Gasteiger partial charge in [0.05, 0.1) is 0 Å². The van der Waals surface area contributed by atoms with Gasteiger partial charge in [-0.3, -0.25) is 0 Å². The first kappa shape index (κ1) is 12.5. The molecule has 0 heterocycles. The van der Waals surface area contributed by atoms with Crippen LogP contribution in [0.1, 0.15) is 13.8 Å². The average Bonchev–Trinajstić information content (AvgIpc) is 2.05. The van der Waals surface area contributed by atoms with Gasteiger partial charge in [0.2, 0.25) is 0 Å². The van der Waals surface area contributed by atoms with Crippen LogP contribution in [0.5, 0.6) is 0 Å². The highest BCUT2D eigenvalue weighted by atomic mass is 14.8. The molecule has 0 aromatic rings. The van der Waals surface area contributed by atoms with E-state index in [0.29, 0.717) is 0 Å². The first-order valence-corrected chi connectivity index (χ1v) is 3.52. The topological polar surface area (TPSA) is 38.0 Å². The number of hydrogen-bond donors (Lipinski definition) is 2. The van der Waals surface area contributed by atoms with Gasteiger partial charge in [-0.25, -0.2) is 0 Å². The summed E-state index contributed by atoms with van der Waals surface area (Å²) in [5.74, 6) is 0. The Kier molecular flexibility index (Phi) is 13.2. The van der Waals surface area contributed by atoms with Crippen molar-refractivity contribution in [2.45, 2.75) is 13.8 Å². The molecule has 0 bridgehead atoms. The molecule has 3 N–H and O–H groups in total. The summed E-state index contributed by atoms with van der Waals surface area (Å²) in [5, 5.41) is 2.69. The van der Waals surface area contributed by atoms with Crippen molar-refractivity contribution in [3.8, 4) is 0 Å². The molecule has 64 valence electrons. The standard InChI is InChI=1S/C6H11N.C3H7N/c1-3-4-6(2)5-7;1-3-4-2/h3-5H,7H2,1-2H3;3-4H,1H2,2H3/b4-3-,6-5+;. The molecular formula is C9H18N2. The molecule has 0 atom stereocenters. The highest BCUT2D eigenvalue weighted by Gasteiger charge is 1.70. The van der Waals surface area contributed by atoms with Gasteiger partial charge < -0.3 is 11.1 Å². The van der Waals surface area contributed by atoms with E-state index in [2.05, 4.69) is 11.9 Å². The van der Waals surface area contributed by atoms with E-state index in [1.807, 2.05) is 33.0 Å². The van der Waals surface area contributed by atoms with Crippen LogP contribution in [0.25, 0.3) is 0 Å². The average molecular weight is 154 g/mol. The van der Waals surface area contributed by atoms with Gasteiger partial charge in [0.1, 0.15) is 0 Å². The lowest BCUT2D eigenvalue weighted by molar-refractivity contribution is 1.11. The van der Waals surface area contributed by atoms with E-state index in [1.54, 1.807) is 12.4 Å². The summed E-state index contributed by atoms with van der Waals surface area (Å²) in [6, 6.07) is 0. The number of nitrogens with two attached hydrogens (primary N) is 1. The first-order valence-electron chi connectivity index (χ1n) is 3.52. The third-order valence-corrected chi connectivity index (χ3v) is 0.897. The molecule has 0 spiro atoms. The van der Waals surface area contributed by atoms with E-state index in [1.165, 1.54) is 0 Å². The van der Waals surface area contributed by atoms with Crippen molar-refractivity contribution in [2.24, 2.45) is 5.73 Å². The van der Waals surface area contributed by atoms with Crippen LogP contribution < -0.4 is 11.1 Å². The van der Waals surface area contributed by atoms with Gasteiger partial charge >= 0.3 is 0 Å². The van der Waals surface area contributed by atoms with E-state index in [0.717, 1.165) is 5.57 Å². The second kappa shape index (κ2) is 11.6. The Hall–Kier alpha value is -1.18. The maximum absolute atomic E-state index is 5.14. The van der Waals surface area contributed by atoms with E-state index in [9.17, 15) is 0 Å². The quantitative estimate of drug-likeness (QED) is 0.595. The molecule has 11 heavy (non-hydrogen) atoms. The van der Waals surface area contributed by atoms with Gasteiger partial charge in [-0.2, -0.15) is 0 Å². The fourth-order valence-electron chi connectivity index (χ4n) is 0.318. The van der Waals surface area contributed by atoms with Crippen LogP contribution in [-0.4, -0.2) is 7.05 Å². The van der Waals surface area contributed by atoms with Gasteiger partial charge in [-0.05, 0) is 31.8 Å². The zero-order chi connectivity index (χ0) is 9.11. The van der Waals surface area contributed by atoms with Crippen LogP contribution in [-0.2, 0) is 0 Å². The van der Waals surface area contributed by atoms with Gasteiger partial charge in [0.25, 0.3) is 0 Å². The summed E-state index contributed by atoms with van der Waals surface area (Å²) < 4.78 is 0. The lowest BCUT2D eigenvalue weighted by atomic mass is 10.3. The Bertz CT molecular complexity index is 134. The molecule has 0 aliphatic heterocycles. The van der Waals surface area contributed by atoms with Crippen LogP contribution in [0.15, 0.2) is 36.7 Å². The lowest BCUT2D eigenvalue weighted by Gasteiger charge is -1.81. The number of hydrogen-bond acceptors (Lipinski definition) is 2. The van der Waals surface area contributed by atoms with E-state index in [4.69, 9.17) is 5.73 Å². The number of nitrogens with one attached hydrogen (secondary N) is 1. The Morgan fingerprint density at radius 3 is 2.09 bits per heavy atom. The lowest BCUT2D eigenvalue weighted by Crippen LogP contribution is -1.87. The molecule has 2 heteroatoms. The molecule has 0 fully saturated rings. The number of rotatable bonds is 2. The minimum Gasteiger partial charge on any atom is -0.404 e. The largest absolute Gasteiger partial charge is 0.404 e. The van der Waals surface area contributed by atoms with Crippen LogP contribution in [0, 0.1) is 0 Å². The van der Waals surface area contributed by atoms with E-state index < -0.39 is 0 Å². The second-order valence-electron chi connectivity index (χ2n) is 1.90. The molecular weight excluding hydrogens is 136 g/mol. The first-order chi connectivity index (χ1) is 5.22. The molecule has 0 aliphatic carbocycles. The van der Waals surface area contributed by atoms with E-state index >= 15 is 0 Å². The molecule has 0 saturated heterocycles. The second-order valence-corrected chi connectivity index (χ2v) is 1.90. The zero-order valence-corrected chi connectivity index (χ0v) is 7.59. The summed E-state index contributed by atoms with van der Waals surface area (Å²) >= 11 is 0. The highest BCUT2D eigenvalue weighted by molar-refractivity contribution is 5.13. The van der Waals surface area contributed by atoms with Gasteiger partial charge in [0, 0.05) is 7.05 Å². The third kappa shape index (κ3) is 17.7. The van der Waals surface area contributed by atoms with Gasteiger partial charge in [0.15, 0.2) is 0 Å². The molecule has 0 saturated carbocycles. The van der Waals surface area contributed by atoms with Crippen molar-refractivity contribution >= 4 is 0 Å². The Morgan fingerprint density at radius 1 is 1.55 bits per heavy atom. The summed E-state index contributed by atoms with van der Waals surface area (Å²) in [7, 11) is 1.81. The van der Waals surface area contributed by atoms with Crippen LogP contribution in [0.3, 0.4) is 0 Å². The Balaban J connectivity index is 0. The SMILES string of the molecule is C/C=C\C(C)=C\N.C=CNC. The minimum absolute atomic E-state index is 1.10. The fourth-order valence-corrected chi connectivity index (χ4v) is 0.318. The van der Waals surface area contributed by atoms with E-state index in [-0.39, 0.29) is 0 Å². The van der Waals surface area contributed by atoms with Gasteiger partial charge in [-0.1, -0.05) is 18.7 Å². The molecule has 0 amide bonds. The smallest absolute Gasteiger partial charge is 0.00275 e. The Morgan fingerprint density at radius 2 is 2.00 bits per heavy atom. The molecule has 0 aromatic heterocycles. The minimum atomic E-state index is 1.10. The monoisotopic (exact) mass is 154 g/mol. The van der Waals surface area contributed by atoms with Crippen LogP contribution in [0.2, 0.25) is 0 Å². The van der Waals surface area contributed by atoms with Gasteiger partial charge in [-0.15, -0.1) is 0 Å². The predicted molar refractivity (Wildman–Crippen MR) is 52.0 cm³/mol. The van der Waals surface area contributed by atoms with Crippen LogP contribution >= 0.6 is 0 Å². The van der Waals surface area contributed by atoms with Crippen molar-refractivity contribution < 1.29 is 0 Å². The predicted octanol–water partition coefficient (Wildman–Crippen LogP) is 1.77. The molecule has 0 unspecified atom stereocenters. The molecule has 0 aliphatic rings. The zero-order valence-electron chi connectivity index (χ0n) is 7.59. The summed E-state index contributed by atoms with van der Waals surface area (Å²) in [6.07, 6.45) is 7.12. The van der Waals surface area contributed by atoms with Crippen molar-refractivity contribution in [1.82, 2.24) is 5.32 Å². The third-order valence-electron chi connectivity index (χ3n) is 0.897. The van der Waals surface area contributed by atoms with Crippen molar-refractivity contribution in [3.63, 3.8) is 0 Å². The number of allylic oxidation sites excluding steroid dienone is 3. The normalized spacial score (nSPS) is 10.3. The van der Waals surface area contributed by atoms with Crippen LogP contribution in [0.4, 0.5) is 0 Å². The molecule has 0 rings (SSSR count). The maximum atomic E-state index is 5.14. The molecule has 0 aromatic carbocycles.